The lowest BCUT2D eigenvalue weighted by Gasteiger charge is -2.20. The molecule has 0 spiro atoms. The highest BCUT2D eigenvalue weighted by Gasteiger charge is 2.24. The molecule has 0 saturated heterocycles. The Morgan fingerprint density at radius 3 is 2.83 bits per heavy atom. The van der Waals surface area contributed by atoms with Crippen LogP contribution >= 0.6 is 0 Å². The van der Waals surface area contributed by atoms with E-state index in [0.717, 1.165) is 6.42 Å². The number of methoxy groups -OCH3 is 1. The van der Waals surface area contributed by atoms with Crippen molar-refractivity contribution in [3.63, 3.8) is 0 Å². The summed E-state index contributed by atoms with van der Waals surface area (Å²) in [6.45, 7) is 2.19. The number of hydrogen-bond acceptors (Lipinski definition) is 3. The molecule has 18 heavy (non-hydrogen) atoms. The largest absolute Gasteiger partial charge is 0.465 e. The zero-order valence-corrected chi connectivity index (χ0v) is 10.7. The van der Waals surface area contributed by atoms with Crippen molar-refractivity contribution in [2.75, 3.05) is 12.4 Å². The molecular formula is C14H18FNO2. The SMILES string of the molecule is COC(=O)c1cc(F)ccc1NC1CCCC1C. The maximum atomic E-state index is 13.2. The summed E-state index contributed by atoms with van der Waals surface area (Å²) < 4.78 is 17.9. The van der Waals surface area contributed by atoms with Crippen LogP contribution in [-0.2, 0) is 4.74 Å². The van der Waals surface area contributed by atoms with Crippen molar-refractivity contribution in [1.29, 1.82) is 0 Å². The molecule has 3 nitrogen and oxygen atoms in total. The minimum absolute atomic E-state index is 0.261. The number of anilines is 1. The first kappa shape index (κ1) is 12.9. The second-order valence-corrected chi connectivity index (χ2v) is 4.84. The zero-order chi connectivity index (χ0) is 13.1. The first-order valence-electron chi connectivity index (χ1n) is 6.26. The molecule has 1 N–H and O–H groups in total. The van der Waals surface area contributed by atoms with Crippen LogP contribution < -0.4 is 5.32 Å². The van der Waals surface area contributed by atoms with E-state index in [2.05, 4.69) is 17.0 Å². The van der Waals surface area contributed by atoms with Gasteiger partial charge >= 0.3 is 5.97 Å². The smallest absolute Gasteiger partial charge is 0.340 e. The maximum absolute atomic E-state index is 13.2. The van der Waals surface area contributed by atoms with E-state index in [9.17, 15) is 9.18 Å². The molecule has 2 atom stereocenters. The van der Waals surface area contributed by atoms with Crippen molar-refractivity contribution in [2.24, 2.45) is 5.92 Å². The summed E-state index contributed by atoms with van der Waals surface area (Å²) in [7, 11) is 1.30. The van der Waals surface area contributed by atoms with Gasteiger partial charge in [0, 0.05) is 11.7 Å². The average Bonchev–Trinajstić information content (AvgIpc) is 2.76. The van der Waals surface area contributed by atoms with Gasteiger partial charge in [-0.25, -0.2) is 9.18 Å². The quantitative estimate of drug-likeness (QED) is 0.838. The first-order valence-corrected chi connectivity index (χ1v) is 6.26. The lowest BCUT2D eigenvalue weighted by Crippen LogP contribution is -2.23. The minimum atomic E-state index is -0.511. The maximum Gasteiger partial charge on any atom is 0.340 e. The number of benzene rings is 1. The Kier molecular flexibility index (Phi) is 3.84. The fourth-order valence-electron chi connectivity index (χ4n) is 2.48. The Balaban J connectivity index is 2.23. The standard InChI is InChI=1S/C14H18FNO2/c1-9-4-3-5-12(9)16-13-7-6-10(15)8-11(13)14(17)18-2/h6-9,12,16H,3-5H2,1-2H3. The van der Waals surface area contributed by atoms with Crippen LogP contribution in [0, 0.1) is 11.7 Å². The Bertz CT molecular complexity index is 447. The normalized spacial score (nSPS) is 22.8. The van der Waals surface area contributed by atoms with Gasteiger partial charge in [-0.1, -0.05) is 13.3 Å². The number of ether oxygens (including phenoxy) is 1. The molecule has 1 aliphatic carbocycles. The summed E-state index contributed by atoms with van der Waals surface area (Å²) in [5.41, 5.74) is 0.915. The molecule has 1 aromatic rings. The minimum Gasteiger partial charge on any atom is -0.465 e. The third-order valence-electron chi connectivity index (χ3n) is 3.59. The van der Waals surface area contributed by atoms with Crippen molar-refractivity contribution in [3.8, 4) is 0 Å². The van der Waals surface area contributed by atoms with Crippen LogP contribution in [0.3, 0.4) is 0 Å². The van der Waals surface area contributed by atoms with E-state index < -0.39 is 11.8 Å². The van der Waals surface area contributed by atoms with E-state index in [4.69, 9.17) is 0 Å². The van der Waals surface area contributed by atoms with Gasteiger partial charge in [-0.15, -0.1) is 0 Å². The molecular weight excluding hydrogens is 233 g/mol. The van der Waals surface area contributed by atoms with Gasteiger partial charge < -0.3 is 10.1 Å². The molecule has 0 aromatic heterocycles. The topological polar surface area (TPSA) is 38.3 Å². The molecule has 2 unspecified atom stereocenters. The van der Waals surface area contributed by atoms with Gasteiger partial charge in [0.05, 0.1) is 12.7 Å². The molecule has 1 aromatic carbocycles. The van der Waals surface area contributed by atoms with Gasteiger partial charge in [0.2, 0.25) is 0 Å². The van der Waals surface area contributed by atoms with Crippen LogP contribution in [0.15, 0.2) is 18.2 Å². The van der Waals surface area contributed by atoms with Gasteiger partial charge in [0.25, 0.3) is 0 Å². The number of hydrogen-bond donors (Lipinski definition) is 1. The lowest BCUT2D eigenvalue weighted by atomic mass is 10.0. The summed E-state index contributed by atoms with van der Waals surface area (Å²) in [6, 6.07) is 4.52. The molecule has 0 aliphatic heterocycles. The highest BCUT2D eigenvalue weighted by Crippen LogP contribution is 2.29. The predicted octanol–water partition coefficient (Wildman–Crippen LogP) is 3.21. The van der Waals surface area contributed by atoms with Crippen molar-refractivity contribution < 1.29 is 13.9 Å². The third-order valence-corrected chi connectivity index (χ3v) is 3.59. The van der Waals surface area contributed by atoms with E-state index in [1.54, 1.807) is 6.07 Å². The van der Waals surface area contributed by atoms with E-state index >= 15 is 0 Å². The fraction of sp³-hybridized carbons (Fsp3) is 0.500. The van der Waals surface area contributed by atoms with Crippen LogP contribution in [0.2, 0.25) is 0 Å². The molecule has 1 saturated carbocycles. The fourth-order valence-corrected chi connectivity index (χ4v) is 2.48. The Morgan fingerprint density at radius 2 is 2.22 bits per heavy atom. The van der Waals surface area contributed by atoms with Crippen LogP contribution in [0.4, 0.5) is 10.1 Å². The number of carbonyl (C=O) groups is 1. The molecule has 0 radical (unpaired) electrons. The van der Waals surface area contributed by atoms with E-state index in [1.165, 1.54) is 32.1 Å². The number of halogens is 1. The highest BCUT2D eigenvalue weighted by molar-refractivity contribution is 5.95. The number of nitrogens with one attached hydrogen (secondary N) is 1. The number of carbonyl (C=O) groups excluding carboxylic acids is 1. The van der Waals surface area contributed by atoms with Crippen LogP contribution in [0.25, 0.3) is 0 Å². The third kappa shape index (κ3) is 2.63. The molecule has 98 valence electrons. The Hall–Kier alpha value is -1.58. The Labute approximate surface area is 106 Å². The molecule has 4 heteroatoms. The summed E-state index contributed by atoms with van der Waals surface area (Å²) in [6.07, 6.45) is 3.46. The van der Waals surface area contributed by atoms with Gasteiger partial charge in [-0.2, -0.15) is 0 Å². The second kappa shape index (κ2) is 5.38. The predicted molar refractivity (Wildman–Crippen MR) is 68.2 cm³/mol. The molecule has 0 heterocycles. The van der Waals surface area contributed by atoms with Crippen LogP contribution in [-0.4, -0.2) is 19.1 Å². The molecule has 0 bridgehead atoms. The summed E-state index contributed by atoms with van der Waals surface area (Å²) in [5.74, 6) is -0.372. The first-order chi connectivity index (χ1) is 8.61. The van der Waals surface area contributed by atoms with Crippen molar-refractivity contribution in [1.82, 2.24) is 0 Å². The summed E-state index contributed by atoms with van der Waals surface area (Å²) >= 11 is 0. The molecule has 0 amide bonds. The van der Waals surface area contributed by atoms with Gasteiger partial charge in [-0.05, 0) is 37.0 Å². The highest BCUT2D eigenvalue weighted by atomic mass is 19.1. The average molecular weight is 251 g/mol. The summed E-state index contributed by atoms with van der Waals surface area (Å²) in [5, 5.41) is 3.33. The zero-order valence-electron chi connectivity index (χ0n) is 10.7. The molecule has 1 aliphatic rings. The monoisotopic (exact) mass is 251 g/mol. The van der Waals surface area contributed by atoms with E-state index in [1.807, 2.05) is 0 Å². The van der Waals surface area contributed by atoms with Crippen LogP contribution in [0.1, 0.15) is 36.5 Å². The second-order valence-electron chi connectivity index (χ2n) is 4.84. The lowest BCUT2D eigenvalue weighted by molar-refractivity contribution is 0.0601. The van der Waals surface area contributed by atoms with Gasteiger partial charge in [0.15, 0.2) is 0 Å². The number of esters is 1. The Morgan fingerprint density at radius 1 is 1.44 bits per heavy atom. The van der Waals surface area contributed by atoms with Crippen molar-refractivity contribution in [2.45, 2.75) is 32.2 Å². The molecule has 1 fully saturated rings. The summed E-state index contributed by atoms with van der Waals surface area (Å²) in [4.78, 5) is 11.6. The van der Waals surface area contributed by atoms with Gasteiger partial charge in [-0.3, -0.25) is 0 Å². The van der Waals surface area contributed by atoms with Crippen LogP contribution in [0.5, 0.6) is 0 Å². The van der Waals surface area contributed by atoms with Crippen molar-refractivity contribution in [3.05, 3.63) is 29.6 Å². The van der Waals surface area contributed by atoms with E-state index in [0.29, 0.717) is 17.6 Å². The van der Waals surface area contributed by atoms with Crippen molar-refractivity contribution >= 4 is 11.7 Å². The molecule has 2 rings (SSSR count). The van der Waals surface area contributed by atoms with E-state index in [-0.39, 0.29) is 5.56 Å². The number of rotatable bonds is 3. The van der Waals surface area contributed by atoms with Gasteiger partial charge in [0.1, 0.15) is 5.82 Å².